The second-order valence-electron chi connectivity index (χ2n) is 7.17. The molecule has 2 aliphatic heterocycles. The van der Waals surface area contributed by atoms with Crippen molar-refractivity contribution in [1.29, 1.82) is 0 Å². The third-order valence-corrected chi connectivity index (χ3v) is 5.79. The molecule has 2 atom stereocenters. The zero-order valence-electron chi connectivity index (χ0n) is 15.0. The van der Waals surface area contributed by atoms with Crippen LogP contribution in [0, 0.1) is 5.92 Å². The van der Waals surface area contributed by atoms with Crippen molar-refractivity contribution in [2.75, 3.05) is 44.2 Å². The van der Waals surface area contributed by atoms with E-state index in [1.54, 1.807) is 0 Å². The second kappa shape index (κ2) is 8.90. The zero-order valence-corrected chi connectivity index (χ0v) is 16.6. The highest BCUT2D eigenvalue weighted by molar-refractivity contribution is 9.10. The first-order valence-corrected chi connectivity index (χ1v) is 10.2. The van der Waals surface area contributed by atoms with Crippen LogP contribution in [0.3, 0.4) is 0 Å². The fraction of sp³-hybridized carbons (Fsp3) is 0.632. The Morgan fingerprint density at radius 2 is 2.16 bits per heavy atom. The third kappa shape index (κ3) is 5.35. The molecule has 0 unspecified atom stereocenters. The number of amides is 2. The number of urea groups is 1. The van der Waals surface area contributed by atoms with E-state index in [2.05, 4.69) is 61.5 Å². The minimum atomic E-state index is -0.0103. The van der Waals surface area contributed by atoms with Gasteiger partial charge in [0.15, 0.2) is 0 Å². The van der Waals surface area contributed by atoms with Crippen molar-refractivity contribution in [3.05, 3.63) is 28.7 Å². The average Bonchev–Trinajstić information content (AvgIpc) is 3.09. The van der Waals surface area contributed by atoms with Crippen LogP contribution in [-0.2, 0) is 0 Å². The highest BCUT2D eigenvalue weighted by Gasteiger charge is 2.24. The molecule has 6 heteroatoms. The van der Waals surface area contributed by atoms with Gasteiger partial charge in [-0.2, -0.15) is 0 Å². The highest BCUT2D eigenvalue weighted by Crippen LogP contribution is 2.25. The fourth-order valence-electron chi connectivity index (χ4n) is 3.84. The normalized spacial score (nSPS) is 24.3. The maximum atomic E-state index is 12.2. The lowest BCUT2D eigenvalue weighted by atomic mass is 10.1. The lowest BCUT2D eigenvalue weighted by molar-refractivity contribution is 0.192. The molecule has 0 bridgehead atoms. The lowest BCUT2D eigenvalue weighted by Gasteiger charge is -2.32. The van der Waals surface area contributed by atoms with Crippen LogP contribution in [0.4, 0.5) is 10.5 Å². The SMILES string of the molecule is CCN1CCC[C@@H](NC(=O)NC[C@@H]2CCN(c3cccc(Br)c3)C2)C1. The van der Waals surface area contributed by atoms with Crippen molar-refractivity contribution >= 4 is 27.6 Å². The van der Waals surface area contributed by atoms with Crippen LogP contribution in [-0.4, -0.2) is 56.2 Å². The van der Waals surface area contributed by atoms with Crippen LogP contribution >= 0.6 is 15.9 Å². The van der Waals surface area contributed by atoms with Gasteiger partial charge in [0, 0.05) is 42.4 Å². The van der Waals surface area contributed by atoms with Crippen molar-refractivity contribution in [2.24, 2.45) is 5.92 Å². The van der Waals surface area contributed by atoms with Crippen LogP contribution in [0.5, 0.6) is 0 Å². The van der Waals surface area contributed by atoms with Gasteiger partial charge in [-0.1, -0.05) is 28.9 Å². The molecule has 5 nitrogen and oxygen atoms in total. The van der Waals surface area contributed by atoms with Gasteiger partial charge in [0.2, 0.25) is 0 Å². The summed E-state index contributed by atoms with van der Waals surface area (Å²) in [5.41, 5.74) is 1.25. The van der Waals surface area contributed by atoms with Gasteiger partial charge in [0.05, 0.1) is 0 Å². The number of anilines is 1. The maximum Gasteiger partial charge on any atom is 0.315 e. The molecular formula is C19H29BrN4O. The van der Waals surface area contributed by atoms with Gasteiger partial charge in [-0.15, -0.1) is 0 Å². The molecule has 3 rings (SSSR count). The van der Waals surface area contributed by atoms with Gasteiger partial charge in [-0.05, 0) is 56.5 Å². The number of nitrogens with one attached hydrogen (secondary N) is 2. The topological polar surface area (TPSA) is 47.6 Å². The standard InChI is InChI=1S/C19H29BrN4O/c1-2-23-9-4-6-17(14-23)22-19(25)21-12-15-8-10-24(13-15)18-7-3-5-16(20)11-18/h3,5,7,11,15,17H,2,4,6,8-10,12-14H2,1H3,(H2,21,22,25)/t15-,17+/m0/s1. The van der Waals surface area contributed by atoms with Gasteiger partial charge in [-0.25, -0.2) is 4.79 Å². The summed E-state index contributed by atoms with van der Waals surface area (Å²) in [7, 11) is 0. The number of hydrogen-bond acceptors (Lipinski definition) is 3. The maximum absolute atomic E-state index is 12.2. The fourth-order valence-corrected chi connectivity index (χ4v) is 4.23. The number of likely N-dealkylation sites (tertiary alicyclic amines) is 1. The van der Waals surface area contributed by atoms with Crippen LogP contribution in [0.15, 0.2) is 28.7 Å². The number of nitrogens with zero attached hydrogens (tertiary/aromatic N) is 2. The van der Waals surface area contributed by atoms with E-state index in [0.717, 1.165) is 56.6 Å². The third-order valence-electron chi connectivity index (χ3n) is 5.30. The van der Waals surface area contributed by atoms with Gasteiger partial charge in [0.25, 0.3) is 0 Å². The Morgan fingerprint density at radius 1 is 1.28 bits per heavy atom. The van der Waals surface area contributed by atoms with Gasteiger partial charge in [-0.3, -0.25) is 0 Å². The number of carbonyl (C=O) groups excluding carboxylic acids is 1. The molecule has 2 saturated heterocycles. The molecule has 0 radical (unpaired) electrons. The van der Waals surface area contributed by atoms with Crippen molar-refractivity contribution in [2.45, 2.75) is 32.2 Å². The summed E-state index contributed by atoms with van der Waals surface area (Å²) in [6.45, 7) is 8.18. The Labute approximate surface area is 159 Å². The Kier molecular flexibility index (Phi) is 6.59. The molecule has 0 saturated carbocycles. The van der Waals surface area contributed by atoms with Crippen molar-refractivity contribution in [3.63, 3.8) is 0 Å². The van der Waals surface area contributed by atoms with E-state index >= 15 is 0 Å². The van der Waals surface area contributed by atoms with E-state index < -0.39 is 0 Å². The van der Waals surface area contributed by atoms with Crippen LogP contribution < -0.4 is 15.5 Å². The minimum Gasteiger partial charge on any atom is -0.371 e. The smallest absolute Gasteiger partial charge is 0.315 e. The first-order chi connectivity index (χ1) is 12.1. The molecule has 0 aromatic heterocycles. The molecule has 2 N–H and O–H groups in total. The molecule has 25 heavy (non-hydrogen) atoms. The van der Waals surface area contributed by atoms with Crippen molar-refractivity contribution in [1.82, 2.24) is 15.5 Å². The van der Waals surface area contributed by atoms with E-state index in [9.17, 15) is 4.79 Å². The molecule has 2 aliphatic rings. The predicted molar refractivity (Wildman–Crippen MR) is 106 cm³/mol. The van der Waals surface area contributed by atoms with Crippen molar-refractivity contribution in [3.8, 4) is 0 Å². The molecule has 2 heterocycles. The first-order valence-electron chi connectivity index (χ1n) is 9.41. The van der Waals surface area contributed by atoms with Gasteiger partial charge < -0.3 is 20.4 Å². The van der Waals surface area contributed by atoms with E-state index in [1.807, 2.05) is 6.07 Å². The molecule has 138 valence electrons. The molecular weight excluding hydrogens is 380 g/mol. The lowest BCUT2D eigenvalue weighted by Crippen LogP contribution is -2.51. The summed E-state index contributed by atoms with van der Waals surface area (Å²) >= 11 is 3.54. The summed E-state index contributed by atoms with van der Waals surface area (Å²) in [6.07, 6.45) is 3.38. The Hall–Kier alpha value is -1.27. The first kappa shape index (κ1) is 18.5. The van der Waals surface area contributed by atoms with Crippen LogP contribution in [0.25, 0.3) is 0 Å². The Balaban J connectivity index is 1.39. The molecule has 1 aromatic carbocycles. The number of carbonyl (C=O) groups is 1. The highest BCUT2D eigenvalue weighted by atomic mass is 79.9. The number of halogens is 1. The number of benzene rings is 1. The van der Waals surface area contributed by atoms with E-state index in [1.165, 1.54) is 12.1 Å². The van der Waals surface area contributed by atoms with Crippen LogP contribution in [0.2, 0.25) is 0 Å². The zero-order chi connectivity index (χ0) is 17.6. The predicted octanol–water partition coefficient (Wildman–Crippen LogP) is 3.06. The van der Waals surface area contributed by atoms with Crippen molar-refractivity contribution < 1.29 is 4.79 Å². The second-order valence-corrected chi connectivity index (χ2v) is 8.08. The molecule has 1 aromatic rings. The summed E-state index contributed by atoms with van der Waals surface area (Å²) in [6, 6.07) is 8.70. The summed E-state index contributed by atoms with van der Waals surface area (Å²) in [4.78, 5) is 17.0. The van der Waals surface area contributed by atoms with Crippen LogP contribution in [0.1, 0.15) is 26.2 Å². The molecule has 0 aliphatic carbocycles. The number of rotatable bonds is 5. The number of likely N-dealkylation sites (N-methyl/N-ethyl adjacent to an activating group) is 1. The summed E-state index contributed by atoms with van der Waals surface area (Å²) in [5, 5.41) is 6.23. The molecule has 2 amide bonds. The van der Waals surface area contributed by atoms with E-state index in [4.69, 9.17) is 0 Å². The average molecular weight is 409 g/mol. The largest absolute Gasteiger partial charge is 0.371 e. The molecule has 2 fully saturated rings. The summed E-state index contributed by atoms with van der Waals surface area (Å²) < 4.78 is 1.11. The monoisotopic (exact) mass is 408 g/mol. The van der Waals surface area contributed by atoms with E-state index in [0.29, 0.717) is 5.92 Å². The van der Waals surface area contributed by atoms with Gasteiger partial charge in [0.1, 0.15) is 0 Å². The minimum absolute atomic E-state index is 0.0103. The Bertz CT molecular complexity index is 582. The summed E-state index contributed by atoms with van der Waals surface area (Å²) in [5.74, 6) is 0.517. The Morgan fingerprint density at radius 3 is 2.96 bits per heavy atom. The quantitative estimate of drug-likeness (QED) is 0.786. The van der Waals surface area contributed by atoms with Gasteiger partial charge >= 0.3 is 6.03 Å². The molecule has 0 spiro atoms. The number of piperidine rings is 1. The van der Waals surface area contributed by atoms with E-state index in [-0.39, 0.29) is 12.1 Å². The number of hydrogen-bond donors (Lipinski definition) is 2.